The van der Waals surface area contributed by atoms with Crippen LogP contribution < -0.4 is 5.32 Å². The fourth-order valence-electron chi connectivity index (χ4n) is 7.44. The molecule has 4 heterocycles. The number of nitrogens with one attached hydrogen (secondary N) is 1. The molecule has 6 rings (SSSR count). The molecule has 0 radical (unpaired) electrons. The molecular weight excluding hydrogens is 613 g/mol. The molecule has 12 heteroatoms. The maximum atomic E-state index is 13.0. The van der Waals surface area contributed by atoms with E-state index in [0.717, 1.165) is 41.9 Å². The molecule has 9 nitrogen and oxygen atoms in total. The molecule has 0 bridgehead atoms. The number of rotatable bonds is 10. The van der Waals surface area contributed by atoms with Crippen LogP contribution >= 0.6 is 0 Å². The van der Waals surface area contributed by atoms with E-state index in [1.54, 1.807) is 0 Å². The van der Waals surface area contributed by atoms with E-state index in [1.165, 1.54) is 38.8 Å². The van der Waals surface area contributed by atoms with E-state index < -0.39 is 30.3 Å². The number of alkyl halides is 3. The number of likely N-dealkylation sites (tertiary alicyclic amines) is 3. The average molecular weight is 659 g/mol. The Morgan fingerprint density at radius 2 is 1.51 bits per heavy atom. The Balaban J connectivity index is 1.11. The van der Waals surface area contributed by atoms with Crippen molar-refractivity contribution in [3.8, 4) is 0 Å². The molecule has 0 saturated carbocycles. The van der Waals surface area contributed by atoms with Gasteiger partial charge in [0.15, 0.2) is 6.29 Å². The molecule has 4 saturated heterocycles. The predicted octanol–water partition coefficient (Wildman–Crippen LogP) is 4.45. The number of hydrogen-bond acceptors (Lipinski definition) is 7. The number of halogens is 3. The Morgan fingerprint density at radius 1 is 0.830 bits per heavy atom. The number of ether oxygens (including phenoxy) is 2. The highest BCUT2D eigenvalue weighted by molar-refractivity contribution is 5.90. The summed E-state index contributed by atoms with van der Waals surface area (Å²) in [4.78, 5) is 30.3. The number of aliphatic hydroxyl groups is 1. The van der Waals surface area contributed by atoms with E-state index in [-0.39, 0.29) is 38.3 Å². The minimum absolute atomic E-state index is 0.0229. The monoisotopic (exact) mass is 658 g/mol. The number of aliphatic hydroxyl groups excluding tert-OH is 1. The third-order valence-corrected chi connectivity index (χ3v) is 10.00. The quantitative estimate of drug-likeness (QED) is 0.390. The maximum Gasteiger partial charge on any atom is 0.471 e. The molecule has 0 spiro atoms. The molecule has 0 unspecified atom stereocenters. The Labute approximate surface area is 274 Å². The Morgan fingerprint density at radius 3 is 2.21 bits per heavy atom. The third kappa shape index (κ3) is 8.34. The number of carbonyl (C=O) groups excluding carboxylic acids is 2. The van der Waals surface area contributed by atoms with Crippen molar-refractivity contribution in [3.63, 3.8) is 0 Å². The van der Waals surface area contributed by atoms with Gasteiger partial charge < -0.3 is 29.7 Å². The van der Waals surface area contributed by atoms with Crippen LogP contribution in [0.1, 0.15) is 79.6 Å². The van der Waals surface area contributed by atoms with Gasteiger partial charge in [-0.05, 0) is 74.8 Å². The van der Waals surface area contributed by atoms with Crippen LogP contribution in [0.25, 0.3) is 0 Å². The summed E-state index contributed by atoms with van der Waals surface area (Å²) >= 11 is 0. The van der Waals surface area contributed by atoms with Crippen LogP contribution in [0.4, 0.5) is 13.2 Å². The fourth-order valence-corrected chi connectivity index (χ4v) is 7.44. The van der Waals surface area contributed by atoms with Gasteiger partial charge in [-0.1, -0.05) is 48.5 Å². The van der Waals surface area contributed by atoms with Crippen LogP contribution in [0.15, 0.2) is 48.5 Å². The lowest BCUT2D eigenvalue weighted by molar-refractivity contribution is -0.253. The Hall–Kier alpha value is -3.03. The number of carbonyl (C=O) groups is 2. The van der Waals surface area contributed by atoms with Crippen molar-refractivity contribution in [1.29, 1.82) is 0 Å². The van der Waals surface area contributed by atoms with Crippen LogP contribution in [-0.2, 0) is 32.2 Å². The minimum Gasteiger partial charge on any atom is -0.392 e. The first-order chi connectivity index (χ1) is 22.7. The summed E-state index contributed by atoms with van der Waals surface area (Å²) in [6.07, 6.45) is 0.334. The molecular formula is C35H45F3N4O5. The second-order valence-corrected chi connectivity index (χ2v) is 13.3. The highest BCUT2D eigenvalue weighted by atomic mass is 19.4. The van der Waals surface area contributed by atoms with Crippen molar-refractivity contribution < 1.29 is 37.3 Å². The van der Waals surface area contributed by atoms with Gasteiger partial charge in [0, 0.05) is 44.2 Å². The van der Waals surface area contributed by atoms with Crippen LogP contribution in [0.5, 0.6) is 0 Å². The smallest absolute Gasteiger partial charge is 0.392 e. The van der Waals surface area contributed by atoms with Crippen molar-refractivity contribution in [2.75, 3.05) is 39.3 Å². The molecule has 4 fully saturated rings. The van der Waals surface area contributed by atoms with Gasteiger partial charge >= 0.3 is 12.1 Å². The van der Waals surface area contributed by atoms with E-state index in [9.17, 15) is 27.9 Å². The lowest BCUT2D eigenvalue weighted by atomic mass is 9.99. The van der Waals surface area contributed by atoms with Gasteiger partial charge in [-0.2, -0.15) is 13.2 Å². The second-order valence-electron chi connectivity index (χ2n) is 13.3. The predicted molar refractivity (Wildman–Crippen MR) is 168 cm³/mol. The van der Waals surface area contributed by atoms with Crippen molar-refractivity contribution in [1.82, 2.24) is 20.0 Å². The van der Waals surface area contributed by atoms with Crippen LogP contribution in [0.3, 0.4) is 0 Å². The molecule has 2 amide bonds. The molecule has 4 aliphatic heterocycles. The van der Waals surface area contributed by atoms with E-state index in [4.69, 9.17) is 9.47 Å². The zero-order chi connectivity index (χ0) is 33.0. The van der Waals surface area contributed by atoms with E-state index in [1.807, 2.05) is 48.5 Å². The minimum atomic E-state index is -5.01. The standard InChI is InChI=1S/C35H45F3N4O5/c36-35(37,38)34(45)42-18-4-6-30(42)32(44)39-20-24-7-13-27(14-8-24)33-46-29(19-31(47-33)26-11-9-25(23-43)10-12-26)22-41-17-3-5-28(41)21-40-15-1-2-16-40/h7-14,28-31,33,43H,1-6,15-23H2,(H,39,44)/t28-,29+,30-,31-,33-/m0/s1. The second kappa shape index (κ2) is 15.0. The first-order valence-electron chi connectivity index (χ1n) is 16.9. The first-order valence-corrected chi connectivity index (χ1v) is 16.9. The summed E-state index contributed by atoms with van der Waals surface area (Å²) in [5, 5.41) is 12.2. The summed E-state index contributed by atoms with van der Waals surface area (Å²) in [5.41, 5.74) is 3.46. The van der Waals surface area contributed by atoms with Gasteiger partial charge in [-0.3, -0.25) is 14.5 Å². The summed E-state index contributed by atoms with van der Waals surface area (Å²) in [7, 11) is 0. The highest BCUT2D eigenvalue weighted by Crippen LogP contribution is 2.39. The number of benzene rings is 2. The molecule has 2 aromatic carbocycles. The Kier molecular flexibility index (Phi) is 10.8. The van der Waals surface area contributed by atoms with Crippen molar-refractivity contribution in [2.24, 2.45) is 0 Å². The highest BCUT2D eigenvalue weighted by Gasteiger charge is 2.47. The van der Waals surface area contributed by atoms with Gasteiger partial charge in [-0.15, -0.1) is 0 Å². The van der Waals surface area contributed by atoms with Crippen LogP contribution in [0, 0.1) is 0 Å². The summed E-state index contributed by atoms with van der Waals surface area (Å²) < 4.78 is 52.1. The van der Waals surface area contributed by atoms with Crippen molar-refractivity contribution >= 4 is 11.8 Å². The number of hydrogen-bond donors (Lipinski definition) is 2. The molecule has 0 aromatic heterocycles. The van der Waals surface area contributed by atoms with Crippen molar-refractivity contribution in [2.45, 2.75) is 94.9 Å². The number of amides is 2. The third-order valence-electron chi connectivity index (χ3n) is 10.00. The van der Waals surface area contributed by atoms with Gasteiger partial charge in [0.2, 0.25) is 5.91 Å². The van der Waals surface area contributed by atoms with E-state index >= 15 is 0 Å². The lowest BCUT2D eigenvalue weighted by Crippen LogP contribution is -2.50. The molecule has 256 valence electrons. The zero-order valence-corrected chi connectivity index (χ0v) is 26.7. The first kappa shape index (κ1) is 33.9. The largest absolute Gasteiger partial charge is 0.471 e. The average Bonchev–Trinajstić information content (AvgIpc) is 3.87. The van der Waals surface area contributed by atoms with Crippen LogP contribution in [-0.4, -0.2) is 95.3 Å². The van der Waals surface area contributed by atoms with Gasteiger partial charge in [0.05, 0.1) is 18.8 Å². The summed E-state index contributed by atoms with van der Waals surface area (Å²) in [5.74, 6) is -2.56. The zero-order valence-electron chi connectivity index (χ0n) is 26.7. The fraction of sp³-hybridized carbons (Fsp3) is 0.600. The van der Waals surface area contributed by atoms with Gasteiger partial charge in [0.25, 0.3) is 0 Å². The molecule has 4 aliphatic rings. The SMILES string of the molecule is O=C(NCc1ccc([C@H]2O[C@@H](CN3CCC[C@H]3CN3CCCC3)C[C@@H](c3ccc(CO)cc3)O2)cc1)[C@@H]1CCCN1C(=O)C(F)(F)F. The lowest BCUT2D eigenvalue weighted by Gasteiger charge is -2.39. The van der Waals surface area contributed by atoms with Gasteiger partial charge in [-0.25, -0.2) is 0 Å². The normalized spacial score (nSPS) is 27.4. The number of nitrogens with zero attached hydrogens (tertiary/aromatic N) is 3. The molecule has 2 N–H and O–H groups in total. The van der Waals surface area contributed by atoms with Crippen molar-refractivity contribution in [3.05, 3.63) is 70.8 Å². The van der Waals surface area contributed by atoms with Crippen LogP contribution in [0.2, 0.25) is 0 Å². The summed E-state index contributed by atoms with van der Waals surface area (Å²) in [6, 6.07) is 14.7. The Bertz CT molecular complexity index is 1350. The molecule has 0 aliphatic carbocycles. The maximum absolute atomic E-state index is 13.0. The van der Waals surface area contributed by atoms with Gasteiger partial charge in [0.1, 0.15) is 6.04 Å². The van der Waals surface area contributed by atoms with E-state index in [2.05, 4.69) is 15.1 Å². The molecule has 47 heavy (non-hydrogen) atoms. The topological polar surface area (TPSA) is 94.6 Å². The molecule has 5 atom stereocenters. The summed E-state index contributed by atoms with van der Waals surface area (Å²) in [6.45, 7) is 5.36. The van der Waals surface area contributed by atoms with E-state index in [0.29, 0.717) is 23.8 Å². The molecule has 2 aromatic rings.